The molecule has 25 heavy (non-hydrogen) atoms. The SMILES string of the molecule is O=C(O)c1cc(C(F)(F)F)ccn1.OCc1cc(C(F)(F)F)ccn1. The zero-order valence-corrected chi connectivity index (χ0v) is 12.1. The van der Waals surface area contributed by atoms with Crippen molar-refractivity contribution >= 4 is 5.97 Å². The molecule has 0 unspecified atom stereocenters. The Balaban J connectivity index is 0.000000251. The largest absolute Gasteiger partial charge is 0.477 e. The van der Waals surface area contributed by atoms with Crippen molar-refractivity contribution < 1.29 is 41.4 Å². The first-order valence-corrected chi connectivity index (χ1v) is 6.34. The van der Waals surface area contributed by atoms with Crippen LogP contribution in [0.4, 0.5) is 26.3 Å². The van der Waals surface area contributed by atoms with Gasteiger partial charge in [0.25, 0.3) is 0 Å². The van der Waals surface area contributed by atoms with Gasteiger partial charge in [-0.05, 0) is 24.3 Å². The number of hydrogen-bond donors (Lipinski definition) is 2. The van der Waals surface area contributed by atoms with E-state index in [0.29, 0.717) is 12.1 Å². The smallest absolute Gasteiger partial charge is 0.416 e. The van der Waals surface area contributed by atoms with E-state index >= 15 is 0 Å². The summed E-state index contributed by atoms with van der Waals surface area (Å²) in [7, 11) is 0. The summed E-state index contributed by atoms with van der Waals surface area (Å²) in [5.74, 6) is -1.48. The molecule has 11 heteroatoms. The summed E-state index contributed by atoms with van der Waals surface area (Å²) >= 11 is 0. The highest BCUT2D eigenvalue weighted by molar-refractivity contribution is 5.85. The van der Waals surface area contributed by atoms with Crippen LogP contribution in [0, 0.1) is 0 Å². The summed E-state index contributed by atoms with van der Waals surface area (Å²) in [6.07, 6.45) is -7.07. The molecule has 0 aromatic carbocycles. The number of aliphatic hydroxyl groups is 1. The van der Waals surface area contributed by atoms with Gasteiger partial charge in [0, 0.05) is 12.4 Å². The van der Waals surface area contributed by atoms with Crippen LogP contribution < -0.4 is 0 Å². The Labute approximate surface area is 136 Å². The van der Waals surface area contributed by atoms with Crippen molar-refractivity contribution in [1.29, 1.82) is 0 Å². The molecule has 2 N–H and O–H groups in total. The Morgan fingerprint density at radius 3 is 1.84 bits per heavy atom. The molecule has 0 amide bonds. The molecule has 0 saturated heterocycles. The normalized spacial score (nSPS) is 11.5. The number of aromatic nitrogens is 2. The van der Waals surface area contributed by atoms with E-state index in [2.05, 4.69) is 9.97 Å². The van der Waals surface area contributed by atoms with E-state index < -0.39 is 41.7 Å². The van der Waals surface area contributed by atoms with E-state index in [1.165, 1.54) is 0 Å². The molecule has 0 atom stereocenters. The molecule has 136 valence electrons. The lowest BCUT2D eigenvalue weighted by Gasteiger charge is -2.06. The van der Waals surface area contributed by atoms with Crippen molar-refractivity contribution in [1.82, 2.24) is 9.97 Å². The molecule has 0 fully saturated rings. The standard InChI is InChI=1S/C7H4F3NO2.C7H6F3NO/c8-7(9,10)4-1-2-11-5(3-4)6(12)13;8-7(9,10)5-1-2-11-6(3-5)4-12/h1-3H,(H,12,13);1-3,12H,4H2. The van der Waals surface area contributed by atoms with Crippen LogP contribution >= 0.6 is 0 Å². The van der Waals surface area contributed by atoms with Gasteiger partial charge in [-0.3, -0.25) is 4.98 Å². The molecule has 0 aliphatic rings. The number of halogens is 6. The van der Waals surface area contributed by atoms with Crippen molar-refractivity contribution in [2.24, 2.45) is 0 Å². The van der Waals surface area contributed by atoms with Crippen molar-refractivity contribution in [2.75, 3.05) is 0 Å². The number of aliphatic hydroxyl groups excluding tert-OH is 1. The number of alkyl halides is 6. The number of rotatable bonds is 2. The summed E-state index contributed by atoms with van der Waals surface area (Å²) in [6, 6.07) is 2.88. The molecule has 2 heterocycles. The Hall–Kier alpha value is -2.69. The maximum Gasteiger partial charge on any atom is 0.416 e. The third kappa shape index (κ3) is 6.37. The van der Waals surface area contributed by atoms with Gasteiger partial charge >= 0.3 is 18.3 Å². The molecule has 2 aromatic heterocycles. The van der Waals surface area contributed by atoms with E-state index in [-0.39, 0.29) is 5.69 Å². The monoisotopic (exact) mass is 368 g/mol. The Kier molecular flexibility index (Phi) is 6.45. The third-order valence-corrected chi connectivity index (χ3v) is 2.61. The van der Waals surface area contributed by atoms with Crippen LogP contribution in [0.3, 0.4) is 0 Å². The lowest BCUT2D eigenvalue weighted by atomic mass is 10.2. The van der Waals surface area contributed by atoms with Crippen LogP contribution in [0.15, 0.2) is 36.7 Å². The van der Waals surface area contributed by atoms with Crippen LogP contribution in [0.25, 0.3) is 0 Å². The van der Waals surface area contributed by atoms with Crippen LogP contribution in [-0.4, -0.2) is 26.2 Å². The molecule has 0 aliphatic heterocycles. The number of nitrogens with zero attached hydrogens (tertiary/aromatic N) is 2. The number of hydrogen-bond acceptors (Lipinski definition) is 4. The van der Waals surface area contributed by atoms with Gasteiger partial charge < -0.3 is 10.2 Å². The summed E-state index contributed by atoms with van der Waals surface area (Å²) in [4.78, 5) is 17.0. The van der Waals surface area contributed by atoms with Gasteiger partial charge in [-0.25, -0.2) is 9.78 Å². The molecule has 5 nitrogen and oxygen atoms in total. The summed E-state index contributed by atoms with van der Waals surface area (Å²) in [5, 5.41) is 16.8. The minimum absolute atomic E-state index is 0.0184. The van der Waals surface area contributed by atoms with Gasteiger partial charge in [0.15, 0.2) is 0 Å². The van der Waals surface area contributed by atoms with Crippen molar-refractivity contribution in [3.8, 4) is 0 Å². The van der Waals surface area contributed by atoms with Crippen molar-refractivity contribution in [3.05, 3.63) is 59.2 Å². The summed E-state index contributed by atoms with van der Waals surface area (Å²) in [6.45, 7) is -0.482. The predicted octanol–water partition coefficient (Wildman–Crippen LogP) is 3.39. The van der Waals surface area contributed by atoms with E-state index in [4.69, 9.17) is 10.2 Å². The fraction of sp³-hybridized carbons (Fsp3) is 0.214. The van der Waals surface area contributed by atoms with Crippen LogP contribution in [0.2, 0.25) is 0 Å². The van der Waals surface area contributed by atoms with Gasteiger partial charge in [-0.1, -0.05) is 0 Å². The Morgan fingerprint density at radius 2 is 1.40 bits per heavy atom. The van der Waals surface area contributed by atoms with Crippen LogP contribution in [-0.2, 0) is 19.0 Å². The van der Waals surface area contributed by atoms with E-state index in [0.717, 1.165) is 24.5 Å². The second kappa shape index (κ2) is 7.92. The minimum atomic E-state index is -4.53. The van der Waals surface area contributed by atoms with Gasteiger partial charge in [-0.15, -0.1) is 0 Å². The fourth-order valence-electron chi connectivity index (χ4n) is 1.46. The molecule has 0 aliphatic carbocycles. The second-order valence-electron chi connectivity index (χ2n) is 4.42. The zero-order valence-electron chi connectivity index (χ0n) is 12.1. The Bertz CT molecular complexity index is 731. The van der Waals surface area contributed by atoms with E-state index in [1.54, 1.807) is 0 Å². The molecule has 0 spiro atoms. The highest BCUT2D eigenvalue weighted by Gasteiger charge is 2.31. The number of pyridine rings is 2. The third-order valence-electron chi connectivity index (χ3n) is 2.61. The number of carbonyl (C=O) groups is 1. The van der Waals surface area contributed by atoms with Gasteiger partial charge in [0.2, 0.25) is 0 Å². The molecule has 2 aromatic rings. The van der Waals surface area contributed by atoms with Crippen molar-refractivity contribution in [3.63, 3.8) is 0 Å². The van der Waals surface area contributed by atoms with Gasteiger partial charge in [-0.2, -0.15) is 26.3 Å². The minimum Gasteiger partial charge on any atom is -0.477 e. The lowest BCUT2D eigenvalue weighted by Crippen LogP contribution is -2.08. The molecule has 0 saturated carbocycles. The molecule has 2 rings (SSSR count). The maximum atomic E-state index is 12.0. The quantitative estimate of drug-likeness (QED) is 0.794. The second-order valence-corrected chi connectivity index (χ2v) is 4.42. The first-order valence-electron chi connectivity index (χ1n) is 6.34. The number of aromatic carboxylic acids is 1. The molecule has 0 bridgehead atoms. The number of carboxylic acids is 1. The summed E-state index contributed by atoms with van der Waals surface area (Å²) in [5.41, 5.74) is -2.40. The Morgan fingerprint density at radius 1 is 0.920 bits per heavy atom. The van der Waals surface area contributed by atoms with Gasteiger partial charge in [0.1, 0.15) is 5.69 Å². The first kappa shape index (κ1) is 20.4. The van der Waals surface area contributed by atoms with Gasteiger partial charge in [0.05, 0.1) is 23.4 Å². The lowest BCUT2D eigenvalue weighted by molar-refractivity contribution is -0.138. The van der Waals surface area contributed by atoms with E-state index in [1.807, 2.05) is 0 Å². The molecular formula is C14H10F6N2O3. The maximum absolute atomic E-state index is 12.0. The predicted molar refractivity (Wildman–Crippen MR) is 71.4 cm³/mol. The average molecular weight is 368 g/mol. The van der Waals surface area contributed by atoms with Crippen LogP contribution in [0.5, 0.6) is 0 Å². The zero-order chi connectivity index (χ0) is 19.3. The molecule has 0 radical (unpaired) electrons. The van der Waals surface area contributed by atoms with E-state index in [9.17, 15) is 31.1 Å². The average Bonchev–Trinajstić information content (AvgIpc) is 2.54. The van der Waals surface area contributed by atoms with Crippen molar-refractivity contribution in [2.45, 2.75) is 19.0 Å². The highest BCUT2D eigenvalue weighted by atomic mass is 19.4. The highest BCUT2D eigenvalue weighted by Crippen LogP contribution is 2.29. The number of carboxylic acid groups (broad SMARTS) is 1. The fourth-order valence-corrected chi connectivity index (χ4v) is 1.46. The first-order chi connectivity index (χ1) is 11.4. The topological polar surface area (TPSA) is 83.3 Å². The molecular weight excluding hydrogens is 358 g/mol. The van der Waals surface area contributed by atoms with Crippen LogP contribution in [0.1, 0.15) is 27.3 Å². The summed E-state index contributed by atoms with van der Waals surface area (Å²) < 4.78 is 72.0.